The molecule has 0 atom stereocenters. The standard InChI is InChI=1S/C11H12F2N2O/c12-7-3-8(13)5-10(4-7)14-6-11(16)15-9-1-2-9/h3-5,9,14H,1-2,6H2,(H,15,16). The van der Waals surface area contributed by atoms with Gasteiger partial charge in [-0.2, -0.15) is 0 Å². The molecule has 0 spiro atoms. The van der Waals surface area contributed by atoms with E-state index < -0.39 is 11.6 Å². The van der Waals surface area contributed by atoms with Gasteiger partial charge in [0, 0.05) is 17.8 Å². The molecule has 1 aliphatic carbocycles. The Hall–Kier alpha value is -1.65. The molecule has 86 valence electrons. The van der Waals surface area contributed by atoms with Gasteiger partial charge in [-0.3, -0.25) is 4.79 Å². The normalized spacial score (nSPS) is 14.6. The number of hydrogen-bond donors (Lipinski definition) is 2. The SMILES string of the molecule is O=C(CNc1cc(F)cc(F)c1)NC1CC1. The van der Waals surface area contributed by atoms with Crippen molar-refractivity contribution in [3.05, 3.63) is 29.8 Å². The molecule has 2 N–H and O–H groups in total. The van der Waals surface area contributed by atoms with Gasteiger partial charge in [-0.15, -0.1) is 0 Å². The predicted molar refractivity (Wildman–Crippen MR) is 56.0 cm³/mol. The number of rotatable bonds is 4. The Kier molecular flexibility index (Phi) is 3.03. The molecule has 0 heterocycles. The third-order valence-electron chi connectivity index (χ3n) is 2.26. The highest BCUT2D eigenvalue weighted by Gasteiger charge is 2.22. The lowest BCUT2D eigenvalue weighted by Crippen LogP contribution is -2.31. The van der Waals surface area contributed by atoms with Gasteiger partial charge in [0.15, 0.2) is 0 Å². The number of carbonyl (C=O) groups is 1. The topological polar surface area (TPSA) is 41.1 Å². The van der Waals surface area contributed by atoms with Crippen LogP contribution in [0.15, 0.2) is 18.2 Å². The average Bonchev–Trinajstić information content (AvgIpc) is 2.97. The van der Waals surface area contributed by atoms with Gasteiger partial charge in [-0.1, -0.05) is 0 Å². The second-order valence-corrected chi connectivity index (χ2v) is 3.85. The fourth-order valence-corrected chi connectivity index (χ4v) is 1.34. The highest BCUT2D eigenvalue weighted by Crippen LogP contribution is 2.18. The van der Waals surface area contributed by atoms with E-state index in [0.29, 0.717) is 6.04 Å². The van der Waals surface area contributed by atoms with E-state index in [-0.39, 0.29) is 18.1 Å². The molecule has 1 fully saturated rings. The summed E-state index contributed by atoms with van der Waals surface area (Å²) in [6.07, 6.45) is 2.03. The molecule has 3 nitrogen and oxygen atoms in total. The molecule has 0 unspecified atom stereocenters. The first-order valence-electron chi connectivity index (χ1n) is 5.13. The molecule has 0 aliphatic heterocycles. The number of hydrogen-bond acceptors (Lipinski definition) is 2. The van der Waals surface area contributed by atoms with Crippen molar-refractivity contribution in [1.82, 2.24) is 5.32 Å². The Labute approximate surface area is 91.8 Å². The van der Waals surface area contributed by atoms with Crippen LogP contribution in [-0.4, -0.2) is 18.5 Å². The van der Waals surface area contributed by atoms with Crippen LogP contribution in [0, 0.1) is 11.6 Å². The van der Waals surface area contributed by atoms with E-state index in [1.165, 1.54) is 0 Å². The Morgan fingerprint density at radius 3 is 2.44 bits per heavy atom. The van der Waals surface area contributed by atoms with Crippen molar-refractivity contribution < 1.29 is 13.6 Å². The Morgan fingerprint density at radius 2 is 1.88 bits per heavy atom. The maximum atomic E-state index is 12.8. The molecule has 5 heteroatoms. The molecule has 1 saturated carbocycles. The van der Waals surface area contributed by atoms with Crippen molar-refractivity contribution in [3.63, 3.8) is 0 Å². The minimum atomic E-state index is -0.662. The fourth-order valence-electron chi connectivity index (χ4n) is 1.34. The summed E-state index contributed by atoms with van der Waals surface area (Å²) < 4.78 is 25.6. The van der Waals surface area contributed by atoms with Crippen molar-refractivity contribution in [2.24, 2.45) is 0 Å². The number of halogens is 2. The van der Waals surface area contributed by atoms with Gasteiger partial charge in [0.2, 0.25) is 5.91 Å². The highest BCUT2D eigenvalue weighted by molar-refractivity contribution is 5.81. The van der Waals surface area contributed by atoms with Crippen molar-refractivity contribution in [2.75, 3.05) is 11.9 Å². The molecule has 0 radical (unpaired) electrons. The zero-order chi connectivity index (χ0) is 11.5. The largest absolute Gasteiger partial charge is 0.376 e. The van der Waals surface area contributed by atoms with E-state index in [4.69, 9.17) is 0 Å². The van der Waals surface area contributed by atoms with Crippen molar-refractivity contribution >= 4 is 11.6 Å². The van der Waals surface area contributed by atoms with Crippen LogP contribution in [0.5, 0.6) is 0 Å². The lowest BCUT2D eigenvalue weighted by atomic mass is 10.3. The van der Waals surface area contributed by atoms with Gasteiger partial charge in [-0.05, 0) is 25.0 Å². The number of anilines is 1. The number of benzene rings is 1. The smallest absolute Gasteiger partial charge is 0.239 e. The van der Waals surface area contributed by atoms with E-state index >= 15 is 0 Å². The summed E-state index contributed by atoms with van der Waals surface area (Å²) in [7, 11) is 0. The van der Waals surface area contributed by atoms with Crippen LogP contribution in [0.1, 0.15) is 12.8 Å². The van der Waals surface area contributed by atoms with Crippen LogP contribution < -0.4 is 10.6 Å². The first-order chi connectivity index (χ1) is 7.63. The maximum absolute atomic E-state index is 12.8. The molecule has 0 saturated heterocycles. The van der Waals surface area contributed by atoms with E-state index in [0.717, 1.165) is 31.0 Å². The Balaban J connectivity index is 1.85. The Morgan fingerprint density at radius 1 is 1.25 bits per heavy atom. The highest BCUT2D eigenvalue weighted by atomic mass is 19.1. The van der Waals surface area contributed by atoms with Gasteiger partial charge in [0.1, 0.15) is 11.6 Å². The quantitative estimate of drug-likeness (QED) is 0.819. The summed E-state index contributed by atoms with van der Waals surface area (Å²) in [4.78, 5) is 11.3. The molecular weight excluding hydrogens is 214 g/mol. The summed E-state index contributed by atoms with van der Waals surface area (Å²) in [6.45, 7) is 0.0272. The number of carbonyl (C=O) groups excluding carboxylic acids is 1. The van der Waals surface area contributed by atoms with Crippen LogP contribution in [-0.2, 0) is 4.79 Å². The number of amides is 1. The zero-order valence-corrected chi connectivity index (χ0v) is 8.59. The van der Waals surface area contributed by atoms with Gasteiger partial charge in [-0.25, -0.2) is 8.78 Å². The van der Waals surface area contributed by atoms with E-state index in [2.05, 4.69) is 10.6 Å². The third-order valence-corrected chi connectivity index (χ3v) is 2.26. The summed E-state index contributed by atoms with van der Waals surface area (Å²) >= 11 is 0. The van der Waals surface area contributed by atoms with Crippen LogP contribution in [0.4, 0.5) is 14.5 Å². The predicted octanol–water partition coefficient (Wildman–Crippen LogP) is 1.66. The molecule has 1 amide bonds. The molecule has 16 heavy (non-hydrogen) atoms. The molecule has 1 aliphatic rings. The monoisotopic (exact) mass is 226 g/mol. The zero-order valence-electron chi connectivity index (χ0n) is 8.59. The average molecular weight is 226 g/mol. The second kappa shape index (κ2) is 4.47. The molecule has 0 aromatic heterocycles. The first-order valence-corrected chi connectivity index (χ1v) is 5.13. The van der Waals surface area contributed by atoms with Crippen molar-refractivity contribution in [3.8, 4) is 0 Å². The molecule has 0 bridgehead atoms. The van der Waals surface area contributed by atoms with E-state index in [1.54, 1.807) is 0 Å². The van der Waals surface area contributed by atoms with E-state index in [1.807, 2.05) is 0 Å². The van der Waals surface area contributed by atoms with Gasteiger partial charge in [0.25, 0.3) is 0 Å². The molecule has 1 aromatic rings. The Bertz CT molecular complexity index is 385. The van der Waals surface area contributed by atoms with Gasteiger partial charge in [0.05, 0.1) is 6.54 Å². The van der Waals surface area contributed by atoms with Crippen LogP contribution in [0.3, 0.4) is 0 Å². The lowest BCUT2D eigenvalue weighted by Gasteiger charge is -2.07. The third kappa shape index (κ3) is 3.18. The molecule has 1 aromatic carbocycles. The summed E-state index contributed by atoms with van der Waals surface area (Å²) in [5.41, 5.74) is 0.267. The summed E-state index contributed by atoms with van der Waals surface area (Å²) in [5.74, 6) is -1.48. The number of nitrogens with one attached hydrogen (secondary N) is 2. The van der Waals surface area contributed by atoms with E-state index in [9.17, 15) is 13.6 Å². The second-order valence-electron chi connectivity index (χ2n) is 3.85. The summed E-state index contributed by atoms with van der Waals surface area (Å²) in [5, 5.41) is 5.43. The van der Waals surface area contributed by atoms with Crippen molar-refractivity contribution in [2.45, 2.75) is 18.9 Å². The van der Waals surface area contributed by atoms with Crippen LogP contribution >= 0.6 is 0 Å². The van der Waals surface area contributed by atoms with Crippen LogP contribution in [0.2, 0.25) is 0 Å². The minimum Gasteiger partial charge on any atom is -0.376 e. The molecule has 2 rings (SSSR count). The summed E-state index contributed by atoms with van der Waals surface area (Å²) in [6, 6.07) is 3.37. The minimum absolute atomic E-state index is 0.0272. The van der Waals surface area contributed by atoms with Crippen LogP contribution in [0.25, 0.3) is 0 Å². The maximum Gasteiger partial charge on any atom is 0.239 e. The fraction of sp³-hybridized carbons (Fsp3) is 0.364. The first kappa shape index (κ1) is 10.9. The van der Waals surface area contributed by atoms with Crippen molar-refractivity contribution in [1.29, 1.82) is 0 Å². The molecular formula is C11H12F2N2O. The lowest BCUT2D eigenvalue weighted by molar-refractivity contribution is -0.119. The van der Waals surface area contributed by atoms with Gasteiger partial charge >= 0.3 is 0 Å². The van der Waals surface area contributed by atoms with Gasteiger partial charge < -0.3 is 10.6 Å².